The van der Waals surface area contributed by atoms with E-state index in [-0.39, 0.29) is 3.74 Å². The van der Waals surface area contributed by atoms with Crippen molar-refractivity contribution in [1.82, 2.24) is 20.2 Å². The quantitative estimate of drug-likeness (QED) is 0.130. The van der Waals surface area contributed by atoms with Crippen molar-refractivity contribution in [3.8, 4) is 22.5 Å². The van der Waals surface area contributed by atoms with Gasteiger partial charge in [-0.25, -0.2) is 0 Å². The number of rotatable bonds is 7. The Hall–Kier alpha value is -3.87. The lowest BCUT2D eigenvalue weighted by atomic mass is 9.77. The summed E-state index contributed by atoms with van der Waals surface area (Å²) in [7, 11) is 0. The number of hydrogen-bond acceptors (Lipinski definition) is 3. The number of nitrogens with zero attached hydrogens (tertiary/aromatic N) is 4. The number of alkyl halides is 2. The van der Waals surface area contributed by atoms with Gasteiger partial charge in [-0.3, -0.25) is 0 Å². The Morgan fingerprint density at radius 2 is 1.00 bits per heavy atom. The first-order chi connectivity index (χ1) is 19.2. The van der Waals surface area contributed by atoms with Crippen molar-refractivity contribution < 1.29 is 0 Å². The van der Waals surface area contributed by atoms with Crippen LogP contribution in [0.5, 0.6) is 0 Å². The average molecular weight is 636 g/mol. The Kier molecular flexibility index (Phi) is 7.22. The van der Waals surface area contributed by atoms with E-state index in [0.717, 1.165) is 38.9 Å². The van der Waals surface area contributed by atoms with Crippen LogP contribution in [0.25, 0.3) is 22.5 Å². The SMILES string of the molecule is BrC(Br)c1ccc(-c2ccccc2-c2nnn(C(c3ccccc3)(c3ccccc3)c3ccccc3)n2)cc1. The van der Waals surface area contributed by atoms with Crippen molar-refractivity contribution in [3.63, 3.8) is 0 Å². The fourth-order valence-corrected chi connectivity index (χ4v) is 5.70. The molecule has 0 bridgehead atoms. The van der Waals surface area contributed by atoms with Crippen LogP contribution < -0.4 is 0 Å². The maximum Gasteiger partial charge on any atom is 0.205 e. The van der Waals surface area contributed by atoms with Gasteiger partial charge in [0.1, 0.15) is 0 Å². The minimum atomic E-state index is -0.813. The van der Waals surface area contributed by atoms with Gasteiger partial charge in [0.15, 0.2) is 5.54 Å². The van der Waals surface area contributed by atoms with E-state index >= 15 is 0 Å². The molecule has 0 N–H and O–H groups in total. The van der Waals surface area contributed by atoms with Crippen LogP contribution in [0.2, 0.25) is 0 Å². The molecule has 0 saturated heterocycles. The molecular weight excluding hydrogens is 612 g/mol. The first-order valence-corrected chi connectivity index (χ1v) is 14.5. The van der Waals surface area contributed by atoms with Gasteiger partial charge in [-0.15, -0.1) is 15.0 Å². The zero-order chi connectivity index (χ0) is 26.7. The van der Waals surface area contributed by atoms with Crippen LogP contribution in [-0.2, 0) is 5.54 Å². The van der Waals surface area contributed by atoms with Crippen LogP contribution in [0.1, 0.15) is 26.0 Å². The van der Waals surface area contributed by atoms with Gasteiger partial charge in [0.2, 0.25) is 5.82 Å². The Morgan fingerprint density at radius 1 is 0.538 bits per heavy atom. The number of hydrogen-bond donors (Lipinski definition) is 0. The molecule has 0 fully saturated rings. The van der Waals surface area contributed by atoms with Gasteiger partial charge in [-0.05, 0) is 38.6 Å². The van der Waals surface area contributed by atoms with E-state index in [1.165, 1.54) is 0 Å². The molecule has 0 amide bonds. The molecule has 6 heteroatoms. The van der Waals surface area contributed by atoms with E-state index in [9.17, 15) is 0 Å². The highest BCUT2D eigenvalue weighted by Gasteiger charge is 2.41. The van der Waals surface area contributed by atoms with Gasteiger partial charge in [-0.2, -0.15) is 0 Å². The van der Waals surface area contributed by atoms with Gasteiger partial charge < -0.3 is 0 Å². The molecule has 6 aromatic rings. The van der Waals surface area contributed by atoms with Crippen molar-refractivity contribution >= 4 is 31.9 Å². The van der Waals surface area contributed by atoms with E-state index in [4.69, 9.17) is 10.3 Å². The van der Waals surface area contributed by atoms with E-state index in [0.29, 0.717) is 5.82 Å². The minimum absolute atomic E-state index is 0.109. The molecule has 0 spiro atoms. The fourth-order valence-electron chi connectivity index (χ4n) is 5.09. The molecule has 1 aromatic heterocycles. The van der Waals surface area contributed by atoms with Gasteiger partial charge in [0, 0.05) is 5.56 Å². The van der Waals surface area contributed by atoms with Crippen LogP contribution in [0.15, 0.2) is 140 Å². The molecule has 1 heterocycles. The highest BCUT2D eigenvalue weighted by Crippen LogP contribution is 2.40. The summed E-state index contributed by atoms with van der Waals surface area (Å²) in [5.74, 6) is 0.570. The second-order valence-electron chi connectivity index (χ2n) is 9.18. The zero-order valence-electron chi connectivity index (χ0n) is 20.9. The lowest BCUT2D eigenvalue weighted by molar-refractivity contribution is 0.396. The summed E-state index contributed by atoms with van der Waals surface area (Å²) in [6.45, 7) is 0. The number of aromatic nitrogens is 4. The lowest BCUT2D eigenvalue weighted by Crippen LogP contribution is -2.39. The molecular formula is C33H24Br2N4. The summed E-state index contributed by atoms with van der Waals surface area (Å²) in [4.78, 5) is 1.77. The second-order valence-corrected chi connectivity index (χ2v) is 12.2. The summed E-state index contributed by atoms with van der Waals surface area (Å²) in [5, 5.41) is 14.5. The molecule has 0 aliphatic carbocycles. The average Bonchev–Trinajstić information content (AvgIpc) is 3.50. The first-order valence-electron chi connectivity index (χ1n) is 12.6. The van der Waals surface area contributed by atoms with Crippen LogP contribution in [0.3, 0.4) is 0 Å². The van der Waals surface area contributed by atoms with Gasteiger partial charge in [-0.1, -0.05) is 171 Å². The predicted octanol–water partition coefficient (Wildman–Crippen LogP) is 8.64. The summed E-state index contributed by atoms with van der Waals surface area (Å²) < 4.78 is 0.109. The van der Waals surface area contributed by atoms with E-state index < -0.39 is 5.54 Å². The van der Waals surface area contributed by atoms with Crippen molar-refractivity contribution in [3.05, 3.63) is 162 Å². The monoisotopic (exact) mass is 634 g/mol. The number of tetrazole rings is 1. The molecule has 39 heavy (non-hydrogen) atoms. The van der Waals surface area contributed by atoms with Crippen molar-refractivity contribution in [1.29, 1.82) is 0 Å². The lowest BCUT2D eigenvalue weighted by Gasteiger charge is -2.34. The van der Waals surface area contributed by atoms with Crippen LogP contribution in [0.4, 0.5) is 0 Å². The third kappa shape index (κ3) is 4.75. The van der Waals surface area contributed by atoms with Crippen LogP contribution in [-0.4, -0.2) is 20.2 Å². The predicted molar refractivity (Wildman–Crippen MR) is 164 cm³/mol. The molecule has 0 atom stereocenters. The minimum Gasteiger partial charge on any atom is -0.144 e. The highest BCUT2D eigenvalue weighted by atomic mass is 79.9. The smallest absolute Gasteiger partial charge is 0.144 e. The molecule has 190 valence electrons. The third-order valence-electron chi connectivity index (χ3n) is 6.93. The van der Waals surface area contributed by atoms with Crippen molar-refractivity contribution in [2.45, 2.75) is 9.28 Å². The summed E-state index contributed by atoms with van der Waals surface area (Å²) >= 11 is 7.16. The van der Waals surface area contributed by atoms with E-state index in [1.807, 2.05) is 30.3 Å². The van der Waals surface area contributed by atoms with Gasteiger partial charge in [0.05, 0.1) is 3.74 Å². The van der Waals surface area contributed by atoms with Crippen molar-refractivity contribution in [2.24, 2.45) is 0 Å². The topological polar surface area (TPSA) is 43.6 Å². The molecule has 0 saturated carbocycles. The highest BCUT2D eigenvalue weighted by molar-refractivity contribution is 9.24. The van der Waals surface area contributed by atoms with Crippen LogP contribution in [0, 0.1) is 0 Å². The fraction of sp³-hybridized carbons (Fsp3) is 0.0606. The first kappa shape index (κ1) is 25.4. The molecule has 0 unspecified atom stereocenters. The summed E-state index contributed by atoms with van der Waals surface area (Å²) in [6.07, 6.45) is 0. The van der Waals surface area contributed by atoms with Gasteiger partial charge >= 0.3 is 0 Å². The third-order valence-corrected chi connectivity index (χ3v) is 7.99. The number of benzene rings is 5. The number of halogens is 2. The molecule has 5 aromatic carbocycles. The Labute approximate surface area is 244 Å². The standard InChI is InChI=1S/C33H24Br2N4/c34-31(35)25-22-20-24(21-23-25)29-18-10-11-19-30(29)32-36-38-39(37-32)33(26-12-4-1-5-13-26,27-14-6-2-7-15-27)28-16-8-3-9-17-28/h1-23,31H. The summed E-state index contributed by atoms with van der Waals surface area (Å²) in [5.41, 5.74) is 6.55. The Balaban J connectivity index is 1.55. The normalized spacial score (nSPS) is 11.6. The Bertz CT molecular complexity index is 1570. The van der Waals surface area contributed by atoms with E-state index in [2.05, 4.69) is 146 Å². The second kappa shape index (κ2) is 11.1. The van der Waals surface area contributed by atoms with Crippen molar-refractivity contribution in [2.75, 3.05) is 0 Å². The molecule has 0 radical (unpaired) electrons. The molecule has 0 aliphatic rings. The van der Waals surface area contributed by atoms with Gasteiger partial charge in [0.25, 0.3) is 0 Å². The zero-order valence-corrected chi connectivity index (χ0v) is 24.1. The summed E-state index contributed by atoms with van der Waals surface area (Å²) in [6, 6.07) is 47.8. The maximum absolute atomic E-state index is 5.09. The van der Waals surface area contributed by atoms with E-state index in [1.54, 1.807) is 4.80 Å². The molecule has 6 rings (SSSR count). The maximum atomic E-state index is 5.09. The molecule has 0 aliphatic heterocycles. The molecule has 4 nitrogen and oxygen atoms in total. The largest absolute Gasteiger partial charge is 0.205 e. The Morgan fingerprint density at radius 3 is 1.49 bits per heavy atom. The van der Waals surface area contributed by atoms with Crippen LogP contribution >= 0.6 is 31.9 Å².